The molecule has 0 spiro atoms. The van der Waals surface area contributed by atoms with Gasteiger partial charge in [0, 0.05) is 35.8 Å². The molecule has 1 unspecified atom stereocenters. The lowest BCUT2D eigenvalue weighted by Crippen LogP contribution is -2.42. The number of likely N-dealkylation sites (N-methyl/N-ethyl adjacent to an activating group) is 1. The summed E-state index contributed by atoms with van der Waals surface area (Å²) >= 11 is 1.57. The fourth-order valence-electron chi connectivity index (χ4n) is 2.92. The van der Waals surface area contributed by atoms with Crippen LogP contribution in [0.5, 0.6) is 0 Å². The van der Waals surface area contributed by atoms with E-state index in [0.717, 1.165) is 54.4 Å². The van der Waals surface area contributed by atoms with Crippen molar-refractivity contribution in [3.05, 3.63) is 35.2 Å². The number of carboxylic acids is 1. The number of rotatable bonds is 6. The van der Waals surface area contributed by atoms with Gasteiger partial charge in [0.25, 0.3) is 0 Å². The van der Waals surface area contributed by atoms with Gasteiger partial charge in [-0.2, -0.15) is 0 Å². The molecule has 0 amide bonds. The van der Waals surface area contributed by atoms with Crippen LogP contribution in [0.1, 0.15) is 10.9 Å². The van der Waals surface area contributed by atoms with Crippen molar-refractivity contribution in [1.82, 2.24) is 9.80 Å². The van der Waals surface area contributed by atoms with Crippen LogP contribution < -0.4 is 0 Å². The van der Waals surface area contributed by atoms with Crippen molar-refractivity contribution in [1.29, 1.82) is 0 Å². The van der Waals surface area contributed by atoms with Crippen molar-refractivity contribution in [2.75, 3.05) is 46.4 Å². The van der Waals surface area contributed by atoms with Crippen LogP contribution in [-0.2, 0) is 9.53 Å². The van der Waals surface area contributed by atoms with Crippen molar-refractivity contribution >= 4 is 27.4 Å². The molecule has 124 valence electrons. The van der Waals surface area contributed by atoms with Gasteiger partial charge in [-0.15, -0.1) is 11.3 Å². The van der Waals surface area contributed by atoms with Crippen molar-refractivity contribution in [2.45, 2.75) is 6.04 Å². The van der Waals surface area contributed by atoms with Gasteiger partial charge in [-0.05, 0) is 24.6 Å². The van der Waals surface area contributed by atoms with Gasteiger partial charge < -0.3 is 9.84 Å². The summed E-state index contributed by atoms with van der Waals surface area (Å²) in [5.41, 5.74) is 0. The van der Waals surface area contributed by atoms with E-state index in [1.54, 1.807) is 11.3 Å². The largest absolute Gasteiger partial charge is 0.480 e. The third kappa shape index (κ3) is 3.90. The summed E-state index contributed by atoms with van der Waals surface area (Å²) in [4.78, 5) is 16.9. The van der Waals surface area contributed by atoms with Crippen molar-refractivity contribution < 1.29 is 14.6 Å². The van der Waals surface area contributed by atoms with Crippen molar-refractivity contribution in [3.8, 4) is 0 Å². The maximum Gasteiger partial charge on any atom is 0.326 e. The zero-order valence-corrected chi connectivity index (χ0v) is 14.1. The number of carbonyl (C=O) groups is 1. The molecule has 23 heavy (non-hydrogen) atoms. The summed E-state index contributed by atoms with van der Waals surface area (Å²) in [5, 5.41) is 10.8. The van der Waals surface area contributed by atoms with E-state index >= 15 is 0 Å². The summed E-state index contributed by atoms with van der Waals surface area (Å²) in [6, 6.07) is 9.45. The third-order valence-corrected chi connectivity index (χ3v) is 5.43. The van der Waals surface area contributed by atoms with E-state index in [0.29, 0.717) is 0 Å². The van der Waals surface area contributed by atoms with Crippen LogP contribution in [0.2, 0.25) is 0 Å². The third-order valence-electron chi connectivity index (χ3n) is 4.26. The highest BCUT2D eigenvalue weighted by molar-refractivity contribution is 7.19. The molecule has 1 aromatic carbocycles. The molecule has 1 atom stereocenters. The van der Waals surface area contributed by atoms with Crippen molar-refractivity contribution in [2.24, 2.45) is 0 Å². The number of fused-ring (bicyclic) bond motifs is 1. The summed E-state index contributed by atoms with van der Waals surface area (Å²) in [5.74, 6) is -0.791. The Bertz CT molecular complexity index is 634. The highest BCUT2D eigenvalue weighted by atomic mass is 32.1. The van der Waals surface area contributed by atoms with Gasteiger partial charge in [0.2, 0.25) is 0 Å². The Morgan fingerprint density at radius 3 is 2.83 bits per heavy atom. The molecule has 1 aromatic heterocycles. The average molecular weight is 334 g/mol. The van der Waals surface area contributed by atoms with E-state index in [-0.39, 0.29) is 0 Å². The van der Waals surface area contributed by atoms with E-state index in [2.05, 4.69) is 4.90 Å². The smallest absolute Gasteiger partial charge is 0.326 e. The highest BCUT2D eigenvalue weighted by Crippen LogP contribution is 2.32. The minimum absolute atomic E-state index is 0.589. The monoisotopic (exact) mass is 334 g/mol. The summed E-state index contributed by atoms with van der Waals surface area (Å²) < 4.78 is 6.48. The molecule has 1 aliphatic heterocycles. The molecular formula is C17H22N2O3S. The number of nitrogens with zero attached hydrogens (tertiary/aromatic N) is 2. The molecule has 1 saturated heterocycles. The Morgan fingerprint density at radius 2 is 2.13 bits per heavy atom. The number of hydrogen-bond acceptors (Lipinski definition) is 5. The number of ether oxygens (including phenoxy) is 1. The van der Waals surface area contributed by atoms with E-state index in [1.807, 2.05) is 42.3 Å². The predicted octanol–water partition coefficient (Wildman–Crippen LogP) is 2.29. The Hall–Kier alpha value is -1.47. The number of carboxylic acid groups (broad SMARTS) is 1. The topological polar surface area (TPSA) is 53.0 Å². The van der Waals surface area contributed by atoms with Gasteiger partial charge >= 0.3 is 5.97 Å². The van der Waals surface area contributed by atoms with Crippen LogP contribution in [0.4, 0.5) is 0 Å². The first-order valence-corrected chi connectivity index (χ1v) is 8.68. The first-order valence-electron chi connectivity index (χ1n) is 7.87. The van der Waals surface area contributed by atoms with Crippen LogP contribution in [0.3, 0.4) is 0 Å². The Labute approximate surface area is 140 Å². The second-order valence-corrected chi connectivity index (χ2v) is 6.98. The zero-order valence-electron chi connectivity index (χ0n) is 13.3. The normalized spacial score (nSPS) is 17.7. The second kappa shape index (κ2) is 7.40. The Kier molecular flexibility index (Phi) is 5.27. The summed E-state index contributed by atoms with van der Waals surface area (Å²) in [7, 11) is 1.89. The second-order valence-electron chi connectivity index (χ2n) is 5.86. The maximum atomic E-state index is 11.8. The highest BCUT2D eigenvalue weighted by Gasteiger charge is 2.27. The van der Waals surface area contributed by atoms with Gasteiger partial charge in [-0.25, -0.2) is 0 Å². The quantitative estimate of drug-likeness (QED) is 0.878. The fourth-order valence-corrected chi connectivity index (χ4v) is 4.14. The molecule has 3 rings (SSSR count). The number of morpholine rings is 1. The van der Waals surface area contributed by atoms with Crippen molar-refractivity contribution in [3.63, 3.8) is 0 Å². The van der Waals surface area contributed by atoms with Gasteiger partial charge in [0.1, 0.15) is 6.04 Å². The predicted molar refractivity (Wildman–Crippen MR) is 92.1 cm³/mol. The van der Waals surface area contributed by atoms with Crippen LogP contribution >= 0.6 is 11.3 Å². The molecule has 0 bridgehead atoms. The molecule has 0 aliphatic carbocycles. The molecule has 1 fully saturated rings. The molecule has 6 heteroatoms. The molecule has 5 nitrogen and oxygen atoms in total. The van der Waals surface area contributed by atoms with Gasteiger partial charge in [0.05, 0.1) is 13.2 Å². The zero-order chi connectivity index (χ0) is 16.2. The molecular weight excluding hydrogens is 312 g/mol. The maximum absolute atomic E-state index is 11.8. The SMILES string of the molecule is CN(CCN1CCOCC1)C(C(=O)O)c1cc2ccccc2s1. The first kappa shape index (κ1) is 16.4. The number of aliphatic carboxylic acids is 1. The standard InChI is InChI=1S/C17H22N2O3S/c1-18(6-7-19-8-10-22-11-9-19)16(17(20)21)15-12-13-4-2-3-5-14(13)23-15/h2-5,12,16H,6-11H2,1H3,(H,20,21). The molecule has 0 saturated carbocycles. The lowest BCUT2D eigenvalue weighted by molar-refractivity contribution is -0.143. The molecule has 2 aromatic rings. The Morgan fingerprint density at radius 1 is 1.39 bits per heavy atom. The number of thiophene rings is 1. The molecule has 1 N–H and O–H groups in total. The lowest BCUT2D eigenvalue weighted by atomic mass is 10.2. The van der Waals surface area contributed by atoms with Gasteiger partial charge in [-0.3, -0.25) is 14.6 Å². The number of hydrogen-bond donors (Lipinski definition) is 1. The van der Waals surface area contributed by atoms with Crippen LogP contribution in [0.15, 0.2) is 30.3 Å². The summed E-state index contributed by atoms with van der Waals surface area (Å²) in [6.07, 6.45) is 0. The van der Waals surface area contributed by atoms with Crippen LogP contribution in [0, 0.1) is 0 Å². The fraction of sp³-hybridized carbons (Fsp3) is 0.471. The van der Waals surface area contributed by atoms with E-state index in [9.17, 15) is 9.90 Å². The van der Waals surface area contributed by atoms with E-state index < -0.39 is 12.0 Å². The molecule has 2 heterocycles. The minimum Gasteiger partial charge on any atom is -0.480 e. The van der Waals surface area contributed by atoms with Crippen LogP contribution in [0.25, 0.3) is 10.1 Å². The minimum atomic E-state index is -0.791. The average Bonchev–Trinajstić information content (AvgIpc) is 2.97. The van der Waals surface area contributed by atoms with Gasteiger partial charge in [0.15, 0.2) is 0 Å². The first-order chi connectivity index (χ1) is 11.1. The number of benzene rings is 1. The lowest BCUT2D eigenvalue weighted by Gasteiger charge is -2.30. The van der Waals surface area contributed by atoms with Crippen LogP contribution in [-0.4, -0.2) is 67.3 Å². The summed E-state index contributed by atoms with van der Waals surface area (Å²) in [6.45, 7) is 4.98. The molecule has 1 aliphatic rings. The Balaban J connectivity index is 1.71. The van der Waals surface area contributed by atoms with E-state index in [1.165, 1.54) is 0 Å². The molecule has 0 radical (unpaired) electrons. The van der Waals surface area contributed by atoms with Gasteiger partial charge in [-0.1, -0.05) is 18.2 Å². The van der Waals surface area contributed by atoms with E-state index in [4.69, 9.17) is 4.74 Å².